The zero-order chi connectivity index (χ0) is 5.86. The first-order valence-electron chi connectivity index (χ1n) is 1.99. The Morgan fingerprint density at radius 2 is 2.00 bits per heavy atom. The minimum Gasteiger partial charge on any atom is -0.480 e. The molecule has 8 heavy (non-hydrogen) atoms. The van der Waals surface area contributed by atoms with Gasteiger partial charge in [0.05, 0.1) is 6.54 Å². The molecule has 0 spiro atoms. The fourth-order valence-electron chi connectivity index (χ4n) is 0.271. The molecule has 0 aliphatic carbocycles. The molecule has 3 nitrogen and oxygen atoms in total. The normalized spacial score (nSPS) is 8.38. The molecule has 0 aromatic carbocycles. The van der Waals surface area contributed by atoms with Crippen molar-refractivity contribution in [1.82, 2.24) is 4.90 Å². The Hall–Kier alpha value is 0.430. The third kappa shape index (κ3) is 9.66. The van der Waals surface area contributed by atoms with Gasteiger partial charge in [0.1, 0.15) is 0 Å². The molecule has 0 amide bonds. The number of likely N-dealkylation sites (N-methyl/N-ethyl adjacent to an activating group) is 1. The summed E-state index contributed by atoms with van der Waals surface area (Å²) in [6.07, 6.45) is 0. The van der Waals surface area contributed by atoms with Crippen molar-refractivity contribution >= 4 is 35.5 Å². The predicted molar refractivity (Wildman–Crippen MR) is 31.9 cm³/mol. The Morgan fingerprint density at radius 3 is 2.00 bits per heavy atom. The molecule has 0 fully saturated rings. The number of carbonyl (C=O) groups is 1. The smallest absolute Gasteiger partial charge is 0.317 e. The fraction of sp³-hybridized carbons (Fsp3) is 0.750. The van der Waals surface area contributed by atoms with Crippen molar-refractivity contribution in [3.63, 3.8) is 0 Å². The van der Waals surface area contributed by atoms with E-state index in [1.54, 1.807) is 19.0 Å². The van der Waals surface area contributed by atoms with Gasteiger partial charge >= 0.3 is 5.97 Å². The maximum absolute atomic E-state index is 9.77. The first-order valence-corrected chi connectivity index (χ1v) is 1.99. The van der Waals surface area contributed by atoms with Crippen molar-refractivity contribution in [1.29, 1.82) is 0 Å². The van der Waals surface area contributed by atoms with E-state index in [0.717, 1.165) is 0 Å². The molecule has 0 unspecified atom stereocenters. The van der Waals surface area contributed by atoms with E-state index in [9.17, 15) is 4.79 Å². The Kier molecular flexibility index (Phi) is 7.83. The number of carboxylic acids is 1. The van der Waals surface area contributed by atoms with E-state index in [4.69, 9.17) is 5.11 Å². The largest absolute Gasteiger partial charge is 0.480 e. The van der Waals surface area contributed by atoms with Crippen LogP contribution in [0, 0.1) is 0 Å². The van der Waals surface area contributed by atoms with Crippen LogP contribution in [0.3, 0.4) is 0 Å². The molecule has 0 heterocycles. The van der Waals surface area contributed by atoms with E-state index in [0.29, 0.717) is 0 Å². The van der Waals surface area contributed by atoms with E-state index < -0.39 is 5.97 Å². The molecule has 0 bridgehead atoms. The number of hydrogen-bond donors (Lipinski definition) is 1. The van der Waals surface area contributed by atoms with Crippen molar-refractivity contribution in [2.45, 2.75) is 0 Å². The SMILES string of the molecule is CN(C)CC(=O)O.[Na]. The third-order valence-corrected chi connectivity index (χ3v) is 0.451. The van der Waals surface area contributed by atoms with Gasteiger partial charge in [0.15, 0.2) is 0 Å². The van der Waals surface area contributed by atoms with Gasteiger partial charge in [-0.15, -0.1) is 0 Å². The Labute approximate surface area is 71.0 Å². The molecule has 0 aromatic heterocycles. The van der Waals surface area contributed by atoms with Crippen molar-refractivity contribution in [3.8, 4) is 0 Å². The van der Waals surface area contributed by atoms with Gasteiger partial charge in [-0.05, 0) is 14.1 Å². The van der Waals surface area contributed by atoms with Crippen LogP contribution in [0.2, 0.25) is 0 Å². The summed E-state index contributed by atoms with van der Waals surface area (Å²) in [7, 11) is 3.43. The van der Waals surface area contributed by atoms with E-state index in [1.165, 1.54) is 0 Å². The van der Waals surface area contributed by atoms with E-state index in [2.05, 4.69) is 0 Å². The summed E-state index contributed by atoms with van der Waals surface area (Å²) in [6, 6.07) is 0. The number of carboxylic acid groups (broad SMARTS) is 1. The molecule has 1 radical (unpaired) electrons. The summed E-state index contributed by atoms with van der Waals surface area (Å²) in [6.45, 7) is 0.111. The standard InChI is InChI=1S/C4H9NO2.Na/c1-5(2)3-4(6)7;/h3H2,1-2H3,(H,6,7);. The van der Waals surface area contributed by atoms with Gasteiger partial charge in [-0.2, -0.15) is 0 Å². The van der Waals surface area contributed by atoms with Crippen LogP contribution in [0.25, 0.3) is 0 Å². The molecule has 0 atom stereocenters. The second-order valence-electron chi connectivity index (χ2n) is 1.63. The zero-order valence-corrected chi connectivity index (χ0v) is 7.51. The van der Waals surface area contributed by atoms with Crippen molar-refractivity contribution in [3.05, 3.63) is 0 Å². The predicted octanol–water partition coefficient (Wildman–Crippen LogP) is -0.748. The van der Waals surface area contributed by atoms with Crippen LogP contribution in [0.5, 0.6) is 0 Å². The summed E-state index contributed by atoms with van der Waals surface area (Å²) in [5.74, 6) is -0.787. The van der Waals surface area contributed by atoms with Crippen LogP contribution in [0.1, 0.15) is 0 Å². The van der Waals surface area contributed by atoms with Crippen LogP contribution in [-0.2, 0) is 4.79 Å². The van der Waals surface area contributed by atoms with Gasteiger partial charge in [-0.3, -0.25) is 9.69 Å². The maximum Gasteiger partial charge on any atom is 0.317 e. The number of aliphatic carboxylic acids is 1. The van der Waals surface area contributed by atoms with Gasteiger partial charge in [-0.25, -0.2) is 0 Å². The Bertz CT molecular complexity index is 74.4. The van der Waals surface area contributed by atoms with Crippen molar-refractivity contribution in [2.75, 3.05) is 20.6 Å². The molecular weight excluding hydrogens is 117 g/mol. The Balaban J connectivity index is 0. The van der Waals surface area contributed by atoms with Crippen LogP contribution >= 0.6 is 0 Å². The summed E-state index contributed by atoms with van der Waals surface area (Å²) in [5.41, 5.74) is 0. The monoisotopic (exact) mass is 126 g/mol. The van der Waals surface area contributed by atoms with Gasteiger partial charge < -0.3 is 5.11 Å². The minimum absolute atomic E-state index is 0. The fourth-order valence-corrected chi connectivity index (χ4v) is 0.271. The second kappa shape index (κ2) is 5.56. The van der Waals surface area contributed by atoms with Crippen LogP contribution in [0.4, 0.5) is 0 Å². The molecule has 0 aliphatic heterocycles. The average Bonchev–Trinajstić information content (AvgIpc) is 1.27. The molecule has 0 aliphatic rings. The van der Waals surface area contributed by atoms with Gasteiger partial charge in [-0.1, -0.05) is 0 Å². The molecule has 0 saturated heterocycles. The minimum atomic E-state index is -0.787. The summed E-state index contributed by atoms with van der Waals surface area (Å²) < 4.78 is 0. The van der Waals surface area contributed by atoms with Crippen molar-refractivity contribution in [2.24, 2.45) is 0 Å². The first-order chi connectivity index (χ1) is 3.13. The van der Waals surface area contributed by atoms with E-state index >= 15 is 0 Å². The van der Waals surface area contributed by atoms with Gasteiger partial charge in [0.25, 0.3) is 0 Å². The summed E-state index contributed by atoms with van der Waals surface area (Å²) in [4.78, 5) is 11.4. The van der Waals surface area contributed by atoms with Crippen molar-refractivity contribution < 1.29 is 9.90 Å². The molecular formula is C4H9NNaO2. The molecule has 43 valence electrons. The number of rotatable bonds is 2. The quantitative estimate of drug-likeness (QED) is 0.495. The van der Waals surface area contributed by atoms with Crippen LogP contribution in [0.15, 0.2) is 0 Å². The molecule has 0 rings (SSSR count). The summed E-state index contributed by atoms with van der Waals surface area (Å²) in [5, 5.41) is 8.04. The first kappa shape index (κ1) is 11.3. The number of nitrogens with zero attached hydrogens (tertiary/aromatic N) is 1. The zero-order valence-electron chi connectivity index (χ0n) is 5.51. The molecule has 1 N–H and O–H groups in total. The van der Waals surface area contributed by atoms with Gasteiger partial charge in [0, 0.05) is 29.6 Å². The third-order valence-electron chi connectivity index (χ3n) is 0.451. The van der Waals surface area contributed by atoms with Crippen LogP contribution < -0.4 is 0 Å². The molecule has 0 aromatic rings. The molecule has 4 heteroatoms. The Morgan fingerprint density at radius 1 is 1.62 bits per heavy atom. The van der Waals surface area contributed by atoms with E-state index in [1.807, 2.05) is 0 Å². The van der Waals surface area contributed by atoms with Crippen LogP contribution in [-0.4, -0.2) is 66.2 Å². The summed E-state index contributed by atoms with van der Waals surface area (Å²) >= 11 is 0. The molecule has 0 saturated carbocycles. The second-order valence-corrected chi connectivity index (χ2v) is 1.63. The van der Waals surface area contributed by atoms with E-state index in [-0.39, 0.29) is 36.1 Å². The topological polar surface area (TPSA) is 40.5 Å². The average molecular weight is 126 g/mol. The van der Waals surface area contributed by atoms with Gasteiger partial charge in [0.2, 0.25) is 0 Å². The number of hydrogen-bond acceptors (Lipinski definition) is 2. The maximum atomic E-state index is 9.77.